The van der Waals surface area contributed by atoms with Crippen LogP contribution in [0.1, 0.15) is 15.9 Å². The van der Waals surface area contributed by atoms with Crippen molar-refractivity contribution in [3.8, 4) is 0 Å². The number of carboxylic acid groups (broad SMARTS) is 1. The van der Waals surface area contributed by atoms with Gasteiger partial charge in [0.2, 0.25) is 0 Å². The molecule has 0 aliphatic heterocycles. The maximum atomic E-state index is 12.2. The molecule has 0 spiro atoms. The normalized spacial score (nSPS) is 11.8. The molecule has 0 heterocycles. The molecule has 1 unspecified atom stereocenters. The maximum Gasteiger partial charge on any atom is 0.326 e. The highest BCUT2D eigenvalue weighted by molar-refractivity contribution is 5.96. The van der Waals surface area contributed by atoms with E-state index in [0.717, 1.165) is 16.3 Å². The Morgan fingerprint density at radius 2 is 1.54 bits per heavy atom. The summed E-state index contributed by atoms with van der Waals surface area (Å²) in [4.78, 5) is 23.7. The Kier molecular flexibility index (Phi) is 4.57. The van der Waals surface area contributed by atoms with E-state index in [1.807, 2.05) is 42.5 Å². The second-order valence-corrected chi connectivity index (χ2v) is 5.62. The molecule has 0 bridgehead atoms. The van der Waals surface area contributed by atoms with Gasteiger partial charge in [-0.15, -0.1) is 0 Å². The summed E-state index contributed by atoms with van der Waals surface area (Å²) in [5.74, 6) is -1.43. The van der Waals surface area contributed by atoms with E-state index in [0.29, 0.717) is 5.56 Å². The molecular formula is C20H17NO3. The lowest BCUT2D eigenvalue weighted by Gasteiger charge is -2.15. The summed E-state index contributed by atoms with van der Waals surface area (Å²) in [6, 6.07) is 21.3. The summed E-state index contributed by atoms with van der Waals surface area (Å²) < 4.78 is 0. The molecule has 4 nitrogen and oxygen atoms in total. The monoisotopic (exact) mass is 319 g/mol. The molecule has 24 heavy (non-hydrogen) atoms. The highest BCUT2D eigenvalue weighted by Crippen LogP contribution is 2.17. The van der Waals surface area contributed by atoms with E-state index >= 15 is 0 Å². The molecule has 3 aromatic carbocycles. The summed E-state index contributed by atoms with van der Waals surface area (Å²) in [5.41, 5.74) is 1.32. The summed E-state index contributed by atoms with van der Waals surface area (Å²) in [6.45, 7) is 0. The Hall–Kier alpha value is -3.14. The molecule has 0 aromatic heterocycles. The van der Waals surface area contributed by atoms with Crippen LogP contribution in [0.15, 0.2) is 72.8 Å². The topological polar surface area (TPSA) is 66.4 Å². The zero-order valence-corrected chi connectivity index (χ0v) is 13.0. The molecule has 0 saturated carbocycles. The molecule has 0 aliphatic carbocycles. The number of nitrogens with one attached hydrogen (secondary N) is 1. The van der Waals surface area contributed by atoms with Crippen LogP contribution in [0.25, 0.3) is 10.8 Å². The van der Waals surface area contributed by atoms with Crippen molar-refractivity contribution in [2.45, 2.75) is 12.5 Å². The first-order valence-electron chi connectivity index (χ1n) is 7.70. The van der Waals surface area contributed by atoms with Crippen molar-refractivity contribution in [2.24, 2.45) is 0 Å². The number of carbonyl (C=O) groups is 2. The molecule has 3 rings (SSSR count). The van der Waals surface area contributed by atoms with Crippen molar-refractivity contribution in [1.82, 2.24) is 5.32 Å². The number of hydrogen-bond acceptors (Lipinski definition) is 2. The van der Waals surface area contributed by atoms with Crippen molar-refractivity contribution < 1.29 is 14.7 Å². The number of rotatable bonds is 5. The Morgan fingerprint density at radius 1 is 0.875 bits per heavy atom. The molecule has 0 aliphatic rings. The minimum Gasteiger partial charge on any atom is -0.480 e. The van der Waals surface area contributed by atoms with E-state index in [9.17, 15) is 14.7 Å². The number of aliphatic carboxylic acids is 1. The molecule has 3 aromatic rings. The van der Waals surface area contributed by atoms with Crippen molar-refractivity contribution in [3.63, 3.8) is 0 Å². The number of carboxylic acids is 1. The Morgan fingerprint density at radius 3 is 2.25 bits per heavy atom. The zero-order chi connectivity index (χ0) is 16.9. The molecule has 1 atom stereocenters. The lowest BCUT2D eigenvalue weighted by atomic mass is 10.0. The van der Waals surface area contributed by atoms with Gasteiger partial charge in [0.15, 0.2) is 0 Å². The molecular weight excluding hydrogens is 302 g/mol. The summed E-state index contributed by atoms with van der Waals surface area (Å²) in [5, 5.41) is 14.2. The molecule has 1 amide bonds. The summed E-state index contributed by atoms with van der Waals surface area (Å²) >= 11 is 0. The van der Waals surface area contributed by atoms with Gasteiger partial charge in [-0.3, -0.25) is 4.79 Å². The fraction of sp³-hybridized carbons (Fsp3) is 0.100. The maximum absolute atomic E-state index is 12.2. The molecule has 2 N–H and O–H groups in total. The third kappa shape index (κ3) is 3.60. The van der Waals surface area contributed by atoms with Gasteiger partial charge in [0.05, 0.1) is 0 Å². The number of amides is 1. The van der Waals surface area contributed by atoms with Gasteiger partial charge in [0.25, 0.3) is 5.91 Å². The fourth-order valence-corrected chi connectivity index (χ4v) is 2.63. The SMILES string of the molecule is O=C(NC(Cc1ccc2ccccc2c1)C(=O)O)c1ccccc1. The number of fused-ring (bicyclic) bond motifs is 1. The molecule has 4 heteroatoms. The largest absolute Gasteiger partial charge is 0.480 e. The van der Waals surface area contributed by atoms with Gasteiger partial charge >= 0.3 is 5.97 Å². The lowest BCUT2D eigenvalue weighted by molar-refractivity contribution is -0.139. The van der Waals surface area contributed by atoms with Crippen molar-refractivity contribution in [3.05, 3.63) is 83.9 Å². The van der Waals surface area contributed by atoms with Crippen LogP contribution in [0.4, 0.5) is 0 Å². The Bertz CT molecular complexity index is 874. The molecule has 0 saturated heterocycles. The van der Waals surface area contributed by atoms with E-state index in [1.54, 1.807) is 30.3 Å². The highest BCUT2D eigenvalue weighted by Gasteiger charge is 2.21. The number of carbonyl (C=O) groups excluding carboxylic acids is 1. The third-order valence-corrected chi connectivity index (χ3v) is 3.89. The standard InChI is InChI=1S/C20H17NO3/c22-19(16-7-2-1-3-8-16)21-18(20(23)24)13-14-10-11-15-6-4-5-9-17(15)12-14/h1-12,18H,13H2,(H,21,22)(H,23,24). The van der Waals surface area contributed by atoms with E-state index in [4.69, 9.17) is 0 Å². The Balaban J connectivity index is 1.78. The van der Waals surface area contributed by atoms with E-state index in [-0.39, 0.29) is 12.3 Å². The van der Waals surface area contributed by atoms with Crippen LogP contribution in [0, 0.1) is 0 Å². The average molecular weight is 319 g/mol. The smallest absolute Gasteiger partial charge is 0.326 e. The van der Waals surface area contributed by atoms with Crippen LogP contribution >= 0.6 is 0 Å². The van der Waals surface area contributed by atoms with Crippen molar-refractivity contribution in [1.29, 1.82) is 0 Å². The van der Waals surface area contributed by atoms with Crippen LogP contribution in [0.2, 0.25) is 0 Å². The third-order valence-electron chi connectivity index (χ3n) is 3.89. The van der Waals surface area contributed by atoms with Crippen LogP contribution < -0.4 is 5.32 Å². The van der Waals surface area contributed by atoms with E-state index in [2.05, 4.69) is 5.32 Å². The molecule has 0 radical (unpaired) electrons. The highest BCUT2D eigenvalue weighted by atomic mass is 16.4. The first kappa shape index (κ1) is 15.7. The molecule has 0 fully saturated rings. The average Bonchev–Trinajstić information content (AvgIpc) is 2.61. The van der Waals surface area contributed by atoms with Crippen molar-refractivity contribution in [2.75, 3.05) is 0 Å². The van der Waals surface area contributed by atoms with Crippen LogP contribution in [-0.4, -0.2) is 23.0 Å². The van der Waals surface area contributed by atoms with Crippen LogP contribution in [0.5, 0.6) is 0 Å². The first-order valence-corrected chi connectivity index (χ1v) is 7.70. The van der Waals surface area contributed by atoms with Crippen LogP contribution in [-0.2, 0) is 11.2 Å². The predicted molar refractivity (Wildman–Crippen MR) is 93.0 cm³/mol. The predicted octanol–water partition coefficient (Wildman–Crippen LogP) is 3.27. The van der Waals surface area contributed by atoms with Gasteiger partial charge in [-0.1, -0.05) is 60.7 Å². The van der Waals surface area contributed by atoms with Gasteiger partial charge in [0.1, 0.15) is 6.04 Å². The van der Waals surface area contributed by atoms with E-state index < -0.39 is 12.0 Å². The second kappa shape index (κ2) is 6.96. The van der Waals surface area contributed by atoms with Crippen molar-refractivity contribution >= 4 is 22.6 Å². The van der Waals surface area contributed by atoms with Gasteiger partial charge < -0.3 is 10.4 Å². The van der Waals surface area contributed by atoms with Gasteiger partial charge in [-0.05, 0) is 28.5 Å². The van der Waals surface area contributed by atoms with Gasteiger partial charge in [-0.2, -0.15) is 0 Å². The second-order valence-electron chi connectivity index (χ2n) is 5.62. The van der Waals surface area contributed by atoms with E-state index in [1.165, 1.54) is 0 Å². The summed E-state index contributed by atoms with van der Waals surface area (Å²) in [6.07, 6.45) is 0.235. The van der Waals surface area contributed by atoms with Gasteiger partial charge in [0, 0.05) is 12.0 Å². The lowest BCUT2D eigenvalue weighted by Crippen LogP contribution is -2.42. The number of hydrogen-bond donors (Lipinski definition) is 2. The first-order chi connectivity index (χ1) is 11.6. The minimum absolute atomic E-state index is 0.235. The quantitative estimate of drug-likeness (QED) is 0.758. The molecule has 120 valence electrons. The minimum atomic E-state index is -1.05. The Labute approximate surface area is 139 Å². The number of benzene rings is 3. The summed E-state index contributed by atoms with van der Waals surface area (Å²) in [7, 11) is 0. The van der Waals surface area contributed by atoms with Crippen LogP contribution in [0.3, 0.4) is 0 Å². The fourth-order valence-electron chi connectivity index (χ4n) is 2.63. The van der Waals surface area contributed by atoms with Gasteiger partial charge in [-0.25, -0.2) is 4.79 Å². The zero-order valence-electron chi connectivity index (χ0n) is 13.0.